The van der Waals surface area contributed by atoms with Crippen LogP contribution in [0.15, 0.2) is 0 Å². The summed E-state index contributed by atoms with van der Waals surface area (Å²) < 4.78 is 12.2. The molecule has 0 aromatic rings. The summed E-state index contributed by atoms with van der Waals surface area (Å²) in [6, 6.07) is 0. The van der Waals surface area contributed by atoms with Crippen LogP contribution in [0.2, 0.25) is 0 Å². The molecule has 0 aromatic heterocycles. The lowest BCUT2D eigenvalue weighted by atomic mass is 9.43. The van der Waals surface area contributed by atoms with Crippen molar-refractivity contribution in [2.24, 2.45) is 34.5 Å². The summed E-state index contributed by atoms with van der Waals surface area (Å²) in [4.78, 5) is 12.1. The van der Waals surface area contributed by atoms with Crippen LogP contribution < -0.4 is 0 Å². The number of carbonyl (C=O) groups excluding carboxylic acids is 1. The lowest BCUT2D eigenvalue weighted by Gasteiger charge is -2.61. The summed E-state index contributed by atoms with van der Waals surface area (Å²) in [5.74, 6) is 1.18. The quantitative estimate of drug-likeness (QED) is 0.547. The van der Waals surface area contributed by atoms with Gasteiger partial charge in [-0.05, 0) is 54.8 Å². The van der Waals surface area contributed by atoms with E-state index in [1.165, 1.54) is 0 Å². The molecule has 2 saturated heterocycles. The molecule has 134 valence electrons. The Morgan fingerprint density at radius 2 is 1.88 bits per heavy atom. The molecule has 2 unspecified atom stereocenters. The normalized spacial score (nSPS) is 60.4. The molecule has 0 aromatic carbocycles. The number of rotatable bonds is 0. The SMILES string of the molecule is CC1C(=O)O[C@@H]2C[C@H]3[C@]4(C)CC[C@@H](O)C(C)(C)[C@H]4CC[C@]34O[C@@H]4C12. The Kier molecular flexibility index (Phi) is 2.85. The highest BCUT2D eigenvalue weighted by Crippen LogP contribution is 2.72. The van der Waals surface area contributed by atoms with Crippen LogP contribution >= 0.6 is 0 Å². The van der Waals surface area contributed by atoms with Crippen LogP contribution in [0.3, 0.4) is 0 Å². The highest BCUT2D eigenvalue weighted by atomic mass is 16.6. The average molecular weight is 334 g/mol. The van der Waals surface area contributed by atoms with Crippen molar-refractivity contribution in [3.05, 3.63) is 0 Å². The monoisotopic (exact) mass is 334 g/mol. The van der Waals surface area contributed by atoms with Crippen LogP contribution in [-0.2, 0) is 14.3 Å². The van der Waals surface area contributed by atoms with Crippen LogP contribution in [0, 0.1) is 34.5 Å². The Balaban J connectivity index is 1.53. The first-order valence-electron chi connectivity index (χ1n) is 9.78. The maximum Gasteiger partial charge on any atom is 0.309 e. The van der Waals surface area contributed by atoms with Gasteiger partial charge < -0.3 is 14.6 Å². The van der Waals surface area contributed by atoms with E-state index in [0.717, 1.165) is 32.1 Å². The molecule has 0 bridgehead atoms. The molecule has 24 heavy (non-hydrogen) atoms. The van der Waals surface area contributed by atoms with E-state index < -0.39 is 0 Å². The average Bonchev–Trinajstić information content (AvgIpc) is 3.16. The predicted octanol–water partition coefficient (Wildman–Crippen LogP) is 2.92. The zero-order valence-electron chi connectivity index (χ0n) is 15.2. The number of esters is 1. The second-order valence-corrected chi connectivity index (χ2v) is 10.1. The third kappa shape index (κ3) is 1.61. The molecule has 4 heteroatoms. The standard InChI is InChI=1S/C20H30O4/c1-10-15-11(23-17(10)22)9-13-19(4)7-6-14(21)18(2,3)12(19)5-8-20(13)16(15)24-20/h10-16,21H,5-9H2,1-4H3/t10?,11-,12-,13+,14-,15?,16-,19-,20+/m1/s1. The molecule has 2 heterocycles. The zero-order chi connectivity index (χ0) is 17.1. The molecule has 3 aliphatic carbocycles. The number of hydrogen-bond acceptors (Lipinski definition) is 4. The lowest BCUT2D eigenvalue weighted by Crippen LogP contribution is -2.61. The highest BCUT2D eigenvalue weighted by molar-refractivity contribution is 5.75. The van der Waals surface area contributed by atoms with Crippen molar-refractivity contribution in [2.45, 2.75) is 83.7 Å². The van der Waals surface area contributed by atoms with E-state index in [2.05, 4.69) is 20.8 Å². The van der Waals surface area contributed by atoms with Gasteiger partial charge in [0.15, 0.2) is 0 Å². The molecule has 3 saturated carbocycles. The first-order valence-corrected chi connectivity index (χ1v) is 9.78. The molecule has 9 atom stereocenters. The maximum atomic E-state index is 12.1. The van der Waals surface area contributed by atoms with Gasteiger partial charge in [0.25, 0.3) is 0 Å². The van der Waals surface area contributed by atoms with Gasteiger partial charge in [0, 0.05) is 5.92 Å². The van der Waals surface area contributed by atoms with Gasteiger partial charge in [0.2, 0.25) is 0 Å². The smallest absolute Gasteiger partial charge is 0.309 e. The lowest BCUT2D eigenvalue weighted by molar-refractivity contribution is -0.168. The van der Waals surface area contributed by atoms with Gasteiger partial charge >= 0.3 is 5.97 Å². The first-order chi connectivity index (χ1) is 11.2. The van der Waals surface area contributed by atoms with Crippen LogP contribution in [-0.4, -0.2) is 35.0 Å². The topological polar surface area (TPSA) is 59.1 Å². The number of aliphatic hydroxyl groups excluding tert-OH is 1. The largest absolute Gasteiger partial charge is 0.462 e. The first kappa shape index (κ1) is 15.6. The van der Waals surface area contributed by atoms with Crippen LogP contribution in [0.4, 0.5) is 0 Å². The second-order valence-electron chi connectivity index (χ2n) is 10.1. The predicted molar refractivity (Wildman–Crippen MR) is 88.1 cm³/mol. The summed E-state index contributed by atoms with van der Waals surface area (Å²) in [5.41, 5.74) is 0.126. The Morgan fingerprint density at radius 3 is 2.62 bits per heavy atom. The number of hydrogen-bond donors (Lipinski definition) is 1. The van der Waals surface area contributed by atoms with Crippen molar-refractivity contribution >= 4 is 5.97 Å². The van der Waals surface area contributed by atoms with E-state index in [9.17, 15) is 9.90 Å². The molecule has 5 rings (SSSR count). The molecule has 1 spiro atoms. The molecule has 2 aliphatic heterocycles. The fourth-order valence-corrected chi connectivity index (χ4v) is 7.56. The van der Waals surface area contributed by atoms with Crippen molar-refractivity contribution in [3.63, 3.8) is 0 Å². The molecular formula is C20H30O4. The Morgan fingerprint density at radius 1 is 1.12 bits per heavy atom. The molecule has 5 aliphatic rings. The molecule has 4 nitrogen and oxygen atoms in total. The van der Waals surface area contributed by atoms with Gasteiger partial charge in [-0.3, -0.25) is 4.79 Å². The fourth-order valence-electron chi connectivity index (χ4n) is 7.56. The highest BCUT2D eigenvalue weighted by Gasteiger charge is 2.77. The van der Waals surface area contributed by atoms with Gasteiger partial charge in [0.05, 0.1) is 23.7 Å². The van der Waals surface area contributed by atoms with Crippen molar-refractivity contribution < 1.29 is 19.4 Å². The maximum absolute atomic E-state index is 12.1. The Bertz CT molecular complexity index is 600. The number of carbonyl (C=O) groups is 1. The third-order valence-electron chi connectivity index (χ3n) is 8.95. The minimum atomic E-state index is -0.207. The van der Waals surface area contributed by atoms with Crippen molar-refractivity contribution in [1.82, 2.24) is 0 Å². The van der Waals surface area contributed by atoms with Gasteiger partial charge in [0.1, 0.15) is 6.10 Å². The van der Waals surface area contributed by atoms with Crippen LogP contribution in [0.5, 0.6) is 0 Å². The van der Waals surface area contributed by atoms with Crippen LogP contribution in [0.1, 0.15) is 59.8 Å². The molecular weight excluding hydrogens is 304 g/mol. The van der Waals surface area contributed by atoms with Crippen molar-refractivity contribution in [3.8, 4) is 0 Å². The number of epoxide rings is 1. The molecule has 0 amide bonds. The van der Waals surface area contributed by atoms with E-state index in [-0.39, 0.29) is 52.5 Å². The summed E-state index contributed by atoms with van der Waals surface area (Å²) in [7, 11) is 0. The Hall–Kier alpha value is -0.610. The number of aliphatic hydroxyl groups is 1. The third-order valence-corrected chi connectivity index (χ3v) is 8.95. The Labute approximate surface area is 144 Å². The zero-order valence-corrected chi connectivity index (χ0v) is 15.2. The van der Waals surface area contributed by atoms with Crippen molar-refractivity contribution in [1.29, 1.82) is 0 Å². The van der Waals surface area contributed by atoms with Gasteiger partial charge in [-0.1, -0.05) is 27.7 Å². The second kappa shape index (κ2) is 4.37. The van der Waals surface area contributed by atoms with E-state index in [1.54, 1.807) is 0 Å². The fraction of sp³-hybridized carbons (Fsp3) is 0.950. The molecule has 5 fully saturated rings. The van der Waals surface area contributed by atoms with Crippen LogP contribution in [0.25, 0.3) is 0 Å². The summed E-state index contributed by atoms with van der Waals surface area (Å²) in [6.07, 6.45) is 5.17. The minimum Gasteiger partial charge on any atom is -0.462 e. The number of fused-ring (bicyclic) bond motifs is 4. The summed E-state index contributed by atoms with van der Waals surface area (Å²) >= 11 is 0. The number of ether oxygens (including phenoxy) is 2. The van der Waals surface area contributed by atoms with Gasteiger partial charge in [-0.2, -0.15) is 0 Å². The van der Waals surface area contributed by atoms with Gasteiger partial charge in [-0.15, -0.1) is 0 Å². The van der Waals surface area contributed by atoms with Gasteiger partial charge in [-0.25, -0.2) is 0 Å². The van der Waals surface area contributed by atoms with E-state index >= 15 is 0 Å². The molecule has 0 radical (unpaired) electrons. The van der Waals surface area contributed by atoms with E-state index in [4.69, 9.17) is 9.47 Å². The van der Waals surface area contributed by atoms with E-state index in [0.29, 0.717) is 11.8 Å². The summed E-state index contributed by atoms with van der Waals surface area (Å²) in [6.45, 7) is 8.92. The van der Waals surface area contributed by atoms with Crippen molar-refractivity contribution in [2.75, 3.05) is 0 Å². The molecule has 1 N–H and O–H groups in total. The minimum absolute atomic E-state index is 0.00692. The van der Waals surface area contributed by atoms with E-state index in [1.807, 2.05) is 6.92 Å². The summed E-state index contributed by atoms with van der Waals surface area (Å²) in [5, 5.41) is 10.6.